The Morgan fingerprint density at radius 3 is 2.40 bits per heavy atom. The van der Waals surface area contributed by atoms with Crippen LogP contribution in [0.5, 0.6) is 5.75 Å². The smallest absolute Gasteiger partial charge is 0.325 e. The van der Waals surface area contributed by atoms with E-state index in [2.05, 4.69) is 5.32 Å². The van der Waals surface area contributed by atoms with Crippen LogP contribution in [0.15, 0.2) is 48.5 Å². The van der Waals surface area contributed by atoms with E-state index in [9.17, 15) is 14.0 Å². The van der Waals surface area contributed by atoms with Crippen molar-refractivity contribution in [2.24, 2.45) is 0 Å². The molecular weight excluding hydrogens is 347 g/mol. The Hall–Kier alpha value is -2.60. The maximum absolute atomic E-state index is 12.9. The van der Waals surface area contributed by atoms with Crippen LogP contribution < -0.4 is 10.1 Å². The summed E-state index contributed by atoms with van der Waals surface area (Å²) in [6.07, 6.45) is 0. The largest absolute Gasteiger partial charge is 0.492 e. The van der Waals surface area contributed by atoms with E-state index in [-0.39, 0.29) is 24.9 Å². The zero-order valence-corrected chi connectivity index (χ0v) is 14.2. The van der Waals surface area contributed by atoms with Crippen molar-refractivity contribution in [3.8, 4) is 5.75 Å². The van der Waals surface area contributed by atoms with Gasteiger partial charge in [-0.15, -0.1) is 0 Å². The fourth-order valence-corrected chi connectivity index (χ4v) is 2.79. The summed E-state index contributed by atoms with van der Waals surface area (Å²) >= 11 is 5.87. The summed E-state index contributed by atoms with van der Waals surface area (Å²) in [5.74, 6) is -0.253. The number of imide groups is 1. The predicted octanol–water partition coefficient (Wildman–Crippen LogP) is 3.33. The number of urea groups is 1. The predicted molar refractivity (Wildman–Crippen MR) is 90.9 cm³/mol. The lowest BCUT2D eigenvalue weighted by Gasteiger charge is -2.22. The highest BCUT2D eigenvalue weighted by atomic mass is 35.5. The van der Waals surface area contributed by atoms with Gasteiger partial charge in [0, 0.05) is 5.02 Å². The van der Waals surface area contributed by atoms with Crippen molar-refractivity contribution >= 4 is 23.5 Å². The average Bonchev–Trinajstić information content (AvgIpc) is 2.81. The molecule has 3 rings (SSSR count). The Kier molecular flexibility index (Phi) is 4.63. The number of amides is 3. The molecular formula is C18H16ClFN2O3. The lowest BCUT2D eigenvalue weighted by atomic mass is 9.92. The van der Waals surface area contributed by atoms with Gasteiger partial charge in [-0.25, -0.2) is 9.18 Å². The van der Waals surface area contributed by atoms with Crippen LogP contribution in [0.25, 0.3) is 0 Å². The van der Waals surface area contributed by atoms with E-state index in [0.717, 1.165) is 4.90 Å². The molecule has 130 valence electrons. The molecule has 0 aromatic heterocycles. The highest BCUT2D eigenvalue weighted by molar-refractivity contribution is 6.30. The lowest BCUT2D eigenvalue weighted by Crippen LogP contribution is -2.41. The number of benzene rings is 2. The number of hydrogen-bond acceptors (Lipinski definition) is 3. The highest BCUT2D eigenvalue weighted by Gasteiger charge is 2.48. The van der Waals surface area contributed by atoms with Gasteiger partial charge in [-0.1, -0.05) is 23.7 Å². The van der Waals surface area contributed by atoms with Gasteiger partial charge in [-0.3, -0.25) is 9.69 Å². The summed E-state index contributed by atoms with van der Waals surface area (Å²) in [5, 5.41) is 3.26. The SMILES string of the molecule is CC1(c2ccc(Cl)cc2)NC(=O)N(CCOc2ccc(F)cc2)C1=O. The third kappa shape index (κ3) is 3.44. The van der Waals surface area contributed by atoms with E-state index in [1.54, 1.807) is 31.2 Å². The molecule has 2 aromatic rings. The molecule has 0 spiro atoms. The van der Waals surface area contributed by atoms with E-state index in [4.69, 9.17) is 16.3 Å². The first kappa shape index (κ1) is 17.2. The number of carbonyl (C=O) groups is 2. The standard InChI is InChI=1S/C18H16ClFN2O3/c1-18(12-2-4-13(19)5-3-12)16(23)22(17(24)21-18)10-11-25-15-8-6-14(20)7-9-15/h2-9H,10-11H2,1H3,(H,21,24). The molecule has 1 atom stereocenters. The summed E-state index contributed by atoms with van der Waals surface area (Å²) in [5.41, 5.74) is -0.491. The van der Waals surface area contributed by atoms with Crippen LogP contribution in [0.2, 0.25) is 5.02 Å². The van der Waals surface area contributed by atoms with Crippen molar-refractivity contribution in [1.29, 1.82) is 0 Å². The van der Waals surface area contributed by atoms with Crippen molar-refractivity contribution in [2.45, 2.75) is 12.5 Å². The number of nitrogens with one attached hydrogen (secondary N) is 1. The Morgan fingerprint density at radius 2 is 1.76 bits per heavy atom. The van der Waals surface area contributed by atoms with Gasteiger partial charge in [-0.2, -0.15) is 0 Å². The monoisotopic (exact) mass is 362 g/mol. The number of hydrogen-bond donors (Lipinski definition) is 1. The van der Waals surface area contributed by atoms with Crippen molar-refractivity contribution in [1.82, 2.24) is 10.2 Å². The van der Waals surface area contributed by atoms with Crippen LogP contribution in [0, 0.1) is 5.82 Å². The zero-order valence-electron chi connectivity index (χ0n) is 13.5. The normalized spacial score (nSPS) is 19.9. The second-order valence-corrected chi connectivity index (χ2v) is 6.26. The van der Waals surface area contributed by atoms with Crippen LogP contribution in [0.4, 0.5) is 9.18 Å². The fraction of sp³-hybridized carbons (Fsp3) is 0.222. The molecule has 5 nitrogen and oxygen atoms in total. The maximum Gasteiger partial charge on any atom is 0.325 e. The van der Waals surface area contributed by atoms with E-state index in [1.165, 1.54) is 24.3 Å². The van der Waals surface area contributed by atoms with Gasteiger partial charge in [0.25, 0.3) is 5.91 Å². The van der Waals surface area contributed by atoms with E-state index in [1.807, 2.05) is 0 Å². The molecule has 1 N–H and O–H groups in total. The minimum absolute atomic E-state index is 0.0885. The third-order valence-electron chi connectivity index (χ3n) is 4.09. The summed E-state index contributed by atoms with van der Waals surface area (Å²) in [6, 6.07) is 11.8. The first-order valence-corrected chi connectivity index (χ1v) is 8.06. The van der Waals surface area contributed by atoms with Crippen molar-refractivity contribution < 1.29 is 18.7 Å². The average molecular weight is 363 g/mol. The number of carbonyl (C=O) groups excluding carboxylic acids is 2. The molecule has 1 fully saturated rings. The summed E-state index contributed by atoms with van der Waals surface area (Å²) < 4.78 is 18.3. The van der Waals surface area contributed by atoms with Gasteiger partial charge in [-0.05, 0) is 48.9 Å². The van der Waals surface area contributed by atoms with Crippen molar-refractivity contribution in [3.63, 3.8) is 0 Å². The minimum atomic E-state index is -1.14. The summed E-state index contributed by atoms with van der Waals surface area (Å²) in [4.78, 5) is 26.0. The Labute approximate surface area is 149 Å². The molecule has 0 radical (unpaired) electrons. The Morgan fingerprint density at radius 1 is 1.12 bits per heavy atom. The third-order valence-corrected chi connectivity index (χ3v) is 4.35. The van der Waals surface area contributed by atoms with Gasteiger partial charge in [0.1, 0.15) is 23.7 Å². The van der Waals surface area contributed by atoms with Crippen molar-refractivity contribution in [3.05, 3.63) is 64.9 Å². The molecule has 0 bridgehead atoms. The van der Waals surface area contributed by atoms with Gasteiger partial charge in [0.2, 0.25) is 0 Å². The van der Waals surface area contributed by atoms with Crippen LogP contribution >= 0.6 is 11.6 Å². The first-order valence-electron chi connectivity index (χ1n) is 7.69. The molecule has 1 unspecified atom stereocenters. The Balaban J connectivity index is 1.66. The molecule has 2 aromatic carbocycles. The van der Waals surface area contributed by atoms with E-state index >= 15 is 0 Å². The van der Waals surface area contributed by atoms with Crippen LogP contribution in [-0.4, -0.2) is 30.0 Å². The minimum Gasteiger partial charge on any atom is -0.492 e. The first-order chi connectivity index (χ1) is 11.9. The fourth-order valence-electron chi connectivity index (χ4n) is 2.66. The van der Waals surface area contributed by atoms with Gasteiger partial charge in [0.15, 0.2) is 0 Å². The van der Waals surface area contributed by atoms with Crippen LogP contribution in [-0.2, 0) is 10.3 Å². The number of halogens is 2. The van der Waals surface area contributed by atoms with Gasteiger partial charge in [0.05, 0.1) is 6.54 Å². The molecule has 1 aliphatic heterocycles. The summed E-state index contributed by atoms with van der Waals surface area (Å²) in [6.45, 7) is 1.85. The number of nitrogens with zero attached hydrogens (tertiary/aromatic N) is 1. The quantitative estimate of drug-likeness (QED) is 0.830. The topological polar surface area (TPSA) is 58.6 Å². The molecule has 7 heteroatoms. The van der Waals surface area contributed by atoms with E-state index < -0.39 is 11.6 Å². The van der Waals surface area contributed by atoms with Crippen molar-refractivity contribution in [2.75, 3.05) is 13.2 Å². The molecule has 0 saturated carbocycles. The zero-order chi connectivity index (χ0) is 18.0. The lowest BCUT2D eigenvalue weighted by molar-refractivity contribution is -0.131. The maximum atomic E-state index is 12.9. The number of ether oxygens (including phenoxy) is 1. The van der Waals surface area contributed by atoms with Crippen LogP contribution in [0.1, 0.15) is 12.5 Å². The second kappa shape index (κ2) is 6.72. The van der Waals surface area contributed by atoms with Crippen LogP contribution in [0.3, 0.4) is 0 Å². The molecule has 0 aliphatic carbocycles. The Bertz CT molecular complexity index is 795. The highest BCUT2D eigenvalue weighted by Crippen LogP contribution is 2.29. The van der Waals surface area contributed by atoms with Gasteiger partial charge < -0.3 is 10.1 Å². The molecule has 25 heavy (non-hydrogen) atoms. The molecule has 1 saturated heterocycles. The van der Waals surface area contributed by atoms with E-state index in [0.29, 0.717) is 16.3 Å². The molecule has 3 amide bonds. The number of rotatable bonds is 5. The second-order valence-electron chi connectivity index (χ2n) is 5.82. The van der Waals surface area contributed by atoms with Gasteiger partial charge >= 0.3 is 6.03 Å². The summed E-state index contributed by atoms with van der Waals surface area (Å²) in [7, 11) is 0. The molecule has 1 heterocycles. The molecule has 1 aliphatic rings.